The minimum Gasteiger partial charge on any atom is -0.444 e. The second kappa shape index (κ2) is 6.83. The van der Waals surface area contributed by atoms with E-state index < -0.39 is 23.4 Å². The standard InChI is InChI=1S/C15H20F3NO2/c1-14(2,3)21-13(20)19-9-5-7-11-6-4-8-12(10-11)15(16,17)18/h4,6,8,10H,5,7,9H2,1-3H3,(H,19,20). The molecular weight excluding hydrogens is 283 g/mol. The van der Waals surface area contributed by atoms with Crippen molar-refractivity contribution in [3.8, 4) is 0 Å². The molecule has 6 heteroatoms. The predicted octanol–water partition coefficient (Wildman–Crippen LogP) is 4.16. The molecule has 0 fully saturated rings. The van der Waals surface area contributed by atoms with Gasteiger partial charge in [0.05, 0.1) is 5.56 Å². The summed E-state index contributed by atoms with van der Waals surface area (Å²) in [5, 5.41) is 2.57. The molecule has 3 nitrogen and oxygen atoms in total. The highest BCUT2D eigenvalue weighted by Crippen LogP contribution is 2.29. The summed E-state index contributed by atoms with van der Waals surface area (Å²) in [7, 11) is 0. The quantitative estimate of drug-likeness (QED) is 0.848. The molecule has 118 valence electrons. The summed E-state index contributed by atoms with van der Waals surface area (Å²) in [6.45, 7) is 5.63. The van der Waals surface area contributed by atoms with Gasteiger partial charge in [-0.1, -0.05) is 18.2 Å². The highest BCUT2D eigenvalue weighted by molar-refractivity contribution is 5.67. The number of hydrogen-bond acceptors (Lipinski definition) is 2. The highest BCUT2D eigenvalue weighted by atomic mass is 19.4. The van der Waals surface area contributed by atoms with Gasteiger partial charge in [-0.05, 0) is 45.2 Å². The van der Waals surface area contributed by atoms with Crippen LogP contribution in [0.4, 0.5) is 18.0 Å². The Morgan fingerprint density at radius 2 is 1.90 bits per heavy atom. The molecule has 0 aliphatic heterocycles. The van der Waals surface area contributed by atoms with E-state index in [2.05, 4.69) is 5.32 Å². The van der Waals surface area contributed by atoms with Crippen LogP contribution in [0.5, 0.6) is 0 Å². The van der Waals surface area contributed by atoms with Crippen molar-refractivity contribution in [1.82, 2.24) is 5.32 Å². The number of rotatable bonds is 4. The maximum absolute atomic E-state index is 12.5. The monoisotopic (exact) mass is 303 g/mol. The molecule has 0 heterocycles. The zero-order chi connectivity index (χ0) is 16.1. The van der Waals surface area contributed by atoms with E-state index in [0.717, 1.165) is 12.1 Å². The fourth-order valence-electron chi connectivity index (χ4n) is 1.70. The lowest BCUT2D eigenvalue weighted by Crippen LogP contribution is -2.33. The largest absolute Gasteiger partial charge is 0.444 e. The lowest BCUT2D eigenvalue weighted by molar-refractivity contribution is -0.137. The third-order valence-electron chi connectivity index (χ3n) is 2.56. The van der Waals surface area contributed by atoms with Crippen molar-refractivity contribution in [2.75, 3.05) is 6.54 Å². The van der Waals surface area contributed by atoms with Crippen LogP contribution in [-0.2, 0) is 17.3 Å². The van der Waals surface area contributed by atoms with Crippen LogP contribution in [0.15, 0.2) is 24.3 Å². The number of aryl methyl sites for hydroxylation is 1. The van der Waals surface area contributed by atoms with Gasteiger partial charge in [-0.15, -0.1) is 0 Å². The van der Waals surface area contributed by atoms with E-state index >= 15 is 0 Å². The second-order valence-corrected chi connectivity index (χ2v) is 5.73. The van der Waals surface area contributed by atoms with Gasteiger partial charge in [0.1, 0.15) is 5.60 Å². The molecule has 1 amide bonds. The Hall–Kier alpha value is -1.72. The maximum Gasteiger partial charge on any atom is 0.416 e. The number of halogens is 3. The number of hydrogen-bond donors (Lipinski definition) is 1. The Kier molecular flexibility index (Phi) is 5.63. The first-order valence-electron chi connectivity index (χ1n) is 6.71. The van der Waals surface area contributed by atoms with Crippen LogP contribution in [0.3, 0.4) is 0 Å². The number of amides is 1. The average molecular weight is 303 g/mol. The Morgan fingerprint density at radius 3 is 2.48 bits per heavy atom. The van der Waals surface area contributed by atoms with Crippen molar-refractivity contribution in [3.63, 3.8) is 0 Å². The summed E-state index contributed by atoms with van der Waals surface area (Å²) in [6, 6.07) is 5.21. The normalized spacial score (nSPS) is 12.1. The van der Waals surface area contributed by atoms with Crippen LogP contribution in [0.2, 0.25) is 0 Å². The Morgan fingerprint density at radius 1 is 1.24 bits per heavy atom. The van der Waals surface area contributed by atoms with Crippen molar-refractivity contribution < 1.29 is 22.7 Å². The van der Waals surface area contributed by atoms with E-state index in [0.29, 0.717) is 24.9 Å². The molecule has 1 rings (SSSR count). The van der Waals surface area contributed by atoms with Gasteiger partial charge in [0, 0.05) is 6.54 Å². The summed E-state index contributed by atoms with van der Waals surface area (Å²) in [5.41, 5.74) is -0.624. The minimum absolute atomic E-state index is 0.352. The third-order valence-corrected chi connectivity index (χ3v) is 2.56. The molecular formula is C15H20F3NO2. The van der Waals surface area contributed by atoms with Crippen molar-refractivity contribution in [2.45, 2.75) is 45.4 Å². The van der Waals surface area contributed by atoms with Crippen LogP contribution in [0, 0.1) is 0 Å². The molecule has 21 heavy (non-hydrogen) atoms. The lowest BCUT2D eigenvalue weighted by Gasteiger charge is -2.19. The first-order chi connectivity index (χ1) is 9.58. The summed E-state index contributed by atoms with van der Waals surface area (Å²) in [4.78, 5) is 11.4. The molecule has 1 aromatic carbocycles. The van der Waals surface area contributed by atoms with Crippen LogP contribution < -0.4 is 5.32 Å². The molecule has 1 N–H and O–H groups in total. The van der Waals surface area contributed by atoms with Gasteiger partial charge in [0.15, 0.2) is 0 Å². The van der Waals surface area contributed by atoms with Crippen LogP contribution in [-0.4, -0.2) is 18.2 Å². The van der Waals surface area contributed by atoms with Gasteiger partial charge in [-0.3, -0.25) is 0 Å². The molecule has 0 saturated carbocycles. The molecule has 0 aromatic heterocycles. The summed E-state index contributed by atoms with van der Waals surface area (Å²) in [5.74, 6) is 0. The molecule has 0 bridgehead atoms. The minimum atomic E-state index is -4.33. The fourth-order valence-corrected chi connectivity index (χ4v) is 1.70. The lowest BCUT2D eigenvalue weighted by atomic mass is 10.1. The van der Waals surface area contributed by atoms with Gasteiger partial charge in [0.2, 0.25) is 0 Å². The van der Waals surface area contributed by atoms with Gasteiger partial charge in [0.25, 0.3) is 0 Å². The zero-order valence-corrected chi connectivity index (χ0v) is 12.4. The summed E-state index contributed by atoms with van der Waals surface area (Å²) >= 11 is 0. The van der Waals surface area contributed by atoms with E-state index in [9.17, 15) is 18.0 Å². The Bertz CT molecular complexity index is 479. The zero-order valence-electron chi connectivity index (χ0n) is 12.4. The second-order valence-electron chi connectivity index (χ2n) is 5.73. The molecule has 0 saturated heterocycles. The first kappa shape index (κ1) is 17.3. The number of alkyl carbamates (subject to hydrolysis) is 1. The topological polar surface area (TPSA) is 38.3 Å². The van der Waals surface area contributed by atoms with Gasteiger partial charge >= 0.3 is 12.3 Å². The number of benzene rings is 1. The van der Waals surface area contributed by atoms with E-state index in [1.54, 1.807) is 26.8 Å². The van der Waals surface area contributed by atoms with E-state index in [4.69, 9.17) is 4.74 Å². The number of ether oxygens (including phenoxy) is 1. The Labute approximate surface area is 122 Å². The Balaban J connectivity index is 2.38. The van der Waals surface area contributed by atoms with E-state index in [-0.39, 0.29) is 0 Å². The van der Waals surface area contributed by atoms with Crippen LogP contribution >= 0.6 is 0 Å². The molecule has 0 aliphatic rings. The molecule has 0 aliphatic carbocycles. The third kappa shape index (κ3) is 7.02. The van der Waals surface area contributed by atoms with Gasteiger partial charge in [-0.25, -0.2) is 4.79 Å². The van der Waals surface area contributed by atoms with Crippen LogP contribution in [0.1, 0.15) is 38.3 Å². The first-order valence-corrected chi connectivity index (χ1v) is 6.71. The summed E-state index contributed by atoms with van der Waals surface area (Å²) in [6.07, 6.45) is -3.85. The van der Waals surface area contributed by atoms with Crippen LogP contribution in [0.25, 0.3) is 0 Å². The highest BCUT2D eigenvalue weighted by Gasteiger charge is 2.30. The van der Waals surface area contributed by atoms with E-state index in [1.807, 2.05) is 0 Å². The van der Waals surface area contributed by atoms with Crippen molar-refractivity contribution in [2.24, 2.45) is 0 Å². The molecule has 0 atom stereocenters. The molecule has 0 unspecified atom stereocenters. The number of carbonyl (C=O) groups is 1. The SMILES string of the molecule is CC(C)(C)OC(=O)NCCCc1cccc(C(F)(F)F)c1. The van der Waals surface area contributed by atoms with Crippen molar-refractivity contribution >= 4 is 6.09 Å². The number of nitrogens with one attached hydrogen (secondary N) is 1. The maximum atomic E-state index is 12.5. The predicted molar refractivity (Wildman–Crippen MR) is 74.0 cm³/mol. The van der Waals surface area contributed by atoms with Gasteiger partial charge in [-0.2, -0.15) is 13.2 Å². The molecule has 0 spiro atoms. The number of alkyl halides is 3. The smallest absolute Gasteiger partial charge is 0.416 e. The fraction of sp³-hybridized carbons (Fsp3) is 0.533. The molecule has 0 radical (unpaired) electrons. The van der Waals surface area contributed by atoms with Crippen molar-refractivity contribution in [1.29, 1.82) is 0 Å². The number of carbonyl (C=O) groups excluding carboxylic acids is 1. The van der Waals surface area contributed by atoms with E-state index in [1.165, 1.54) is 6.07 Å². The summed E-state index contributed by atoms with van der Waals surface area (Å²) < 4.78 is 42.7. The van der Waals surface area contributed by atoms with Crippen molar-refractivity contribution in [3.05, 3.63) is 35.4 Å². The van der Waals surface area contributed by atoms with Gasteiger partial charge < -0.3 is 10.1 Å². The average Bonchev–Trinajstić information content (AvgIpc) is 2.32. The molecule has 1 aromatic rings.